The van der Waals surface area contributed by atoms with E-state index >= 15 is 0 Å². The van der Waals surface area contributed by atoms with Crippen molar-refractivity contribution in [2.24, 2.45) is 5.92 Å². The van der Waals surface area contributed by atoms with Gasteiger partial charge in [-0.15, -0.1) is 11.6 Å². The molecule has 0 aliphatic heterocycles. The van der Waals surface area contributed by atoms with E-state index in [0.717, 1.165) is 0 Å². The Morgan fingerprint density at radius 2 is 2.12 bits per heavy atom. The van der Waals surface area contributed by atoms with Crippen molar-refractivity contribution in [1.29, 1.82) is 0 Å². The first kappa shape index (κ1) is 14.8. The maximum atomic E-state index is 12.0. The Bertz CT molecular complexity index is 409. The molecule has 0 saturated heterocycles. The van der Waals surface area contributed by atoms with Gasteiger partial charge in [0, 0.05) is 21.4 Å². The molecule has 0 aliphatic carbocycles. The summed E-state index contributed by atoms with van der Waals surface area (Å²) in [4.78, 5) is 12.0. The van der Waals surface area contributed by atoms with Gasteiger partial charge in [-0.05, 0) is 40.0 Å². The van der Waals surface area contributed by atoms with Crippen LogP contribution in [0.5, 0.6) is 0 Å². The first-order chi connectivity index (χ1) is 7.95. The number of hydrogen-bond acceptors (Lipinski definition) is 1. The SMILES string of the molecule is CC(C)C(CCl)NC(=O)c1ccc(Cl)cc1Br. The van der Waals surface area contributed by atoms with Crippen LogP contribution in [0.1, 0.15) is 24.2 Å². The molecule has 1 amide bonds. The topological polar surface area (TPSA) is 29.1 Å². The van der Waals surface area contributed by atoms with Gasteiger partial charge in [0.05, 0.1) is 5.56 Å². The van der Waals surface area contributed by atoms with Crippen LogP contribution in [0.2, 0.25) is 5.02 Å². The molecule has 1 aromatic carbocycles. The molecule has 1 rings (SSSR count). The van der Waals surface area contributed by atoms with Gasteiger partial charge in [0.2, 0.25) is 0 Å². The Balaban J connectivity index is 2.82. The highest BCUT2D eigenvalue weighted by molar-refractivity contribution is 9.10. The monoisotopic (exact) mass is 337 g/mol. The fraction of sp³-hybridized carbons (Fsp3) is 0.417. The standard InChI is InChI=1S/C12H14BrCl2NO/c1-7(2)11(6-14)16-12(17)9-4-3-8(15)5-10(9)13/h3-5,7,11H,6H2,1-2H3,(H,16,17). The molecule has 0 aliphatic rings. The third-order valence-corrected chi connectivity index (χ3v) is 3.69. The number of benzene rings is 1. The lowest BCUT2D eigenvalue weighted by Crippen LogP contribution is -2.40. The van der Waals surface area contributed by atoms with Crippen LogP contribution in [0.25, 0.3) is 0 Å². The van der Waals surface area contributed by atoms with E-state index in [4.69, 9.17) is 23.2 Å². The summed E-state index contributed by atoms with van der Waals surface area (Å²) < 4.78 is 0.680. The Morgan fingerprint density at radius 3 is 2.59 bits per heavy atom. The Kier molecular flexibility index (Phi) is 5.77. The highest BCUT2D eigenvalue weighted by Crippen LogP contribution is 2.21. The zero-order valence-corrected chi connectivity index (χ0v) is 12.7. The Hall–Kier alpha value is -0.250. The molecule has 2 nitrogen and oxygen atoms in total. The molecule has 17 heavy (non-hydrogen) atoms. The van der Waals surface area contributed by atoms with Crippen LogP contribution in [0, 0.1) is 5.92 Å². The minimum Gasteiger partial charge on any atom is -0.348 e. The molecule has 94 valence electrons. The van der Waals surface area contributed by atoms with Crippen LogP contribution >= 0.6 is 39.1 Å². The summed E-state index contributed by atoms with van der Waals surface area (Å²) in [5, 5.41) is 3.49. The fourth-order valence-corrected chi connectivity index (χ4v) is 2.60. The summed E-state index contributed by atoms with van der Waals surface area (Å²) in [5.74, 6) is 0.546. The summed E-state index contributed by atoms with van der Waals surface area (Å²) >= 11 is 15.0. The number of alkyl halides is 1. The average molecular weight is 339 g/mol. The molecule has 1 N–H and O–H groups in total. The number of halogens is 3. The quantitative estimate of drug-likeness (QED) is 0.823. The zero-order valence-electron chi connectivity index (χ0n) is 9.64. The highest BCUT2D eigenvalue weighted by Gasteiger charge is 2.17. The van der Waals surface area contributed by atoms with Gasteiger partial charge in [-0.2, -0.15) is 0 Å². The maximum Gasteiger partial charge on any atom is 0.252 e. The van der Waals surface area contributed by atoms with Gasteiger partial charge >= 0.3 is 0 Å². The first-order valence-corrected chi connectivity index (χ1v) is 6.98. The molecule has 1 unspecified atom stereocenters. The number of hydrogen-bond donors (Lipinski definition) is 1. The zero-order chi connectivity index (χ0) is 13.0. The fourth-order valence-electron chi connectivity index (χ4n) is 1.30. The minimum absolute atomic E-state index is 0.0354. The lowest BCUT2D eigenvalue weighted by molar-refractivity contribution is 0.0930. The van der Waals surface area contributed by atoms with Gasteiger partial charge in [0.25, 0.3) is 5.91 Å². The second kappa shape index (κ2) is 6.62. The van der Waals surface area contributed by atoms with Gasteiger partial charge in [0.15, 0.2) is 0 Å². The van der Waals surface area contributed by atoms with Crippen LogP contribution in [-0.4, -0.2) is 17.8 Å². The molecule has 0 bridgehead atoms. The number of carbonyl (C=O) groups is 1. The molecular formula is C12H14BrCl2NO. The summed E-state index contributed by atoms with van der Waals surface area (Å²) in [7, 11) is 0. The van der Waals surface area contributed by atoms with E-state index < -0.39 is 0 Å². The minimum atomic E-state index is -0.145. The number of rotatable bonds is 4. The average Bonchev–Trinajstić information content (AvgIpc) is 2.24. The van der Waals surface area contributed by atoms with E-state index in [1.54, 1.807) is 18.2 Å². The van der Waals surface area contributed by atoms with Gasteiger partial charge in [-0.25, -0.2) is 0 Å². The summed E-state index contributed by atoms with van der Waals surface area (Å²) in [6.45, 7) is 4.04. The number of amides is 1. The molecule has 0 fully saturated rings. The van der Waals surface area contributed by atoms with Crippen molar-refractivity contribution in [2.75, 3.05) is 5.88 Å². The predicted octanol–water partition coefficient (Wildman–Crippen LogP) is 4.10. The summed E-state index contributed by atoms with van der Waals surface area (Å²) in [6, 6.07) is 5.04. The van der Waals surface area contributed by atoms with E-state index in [1.165, 1.54) is 0 Å². The molecule has 0 saturated carbocycles. The van der Waals surface area contributed by atoms with Crippen molar-refractivity contribution in [3.05, 3.63) is 33.3 Å². The van der Waals surface area contributed by atoms with Crippen molar-refractivity contribution in [3.63, 3.8) is 0 Å². The lowest BCUT2D eigenvalue weighted by atomic mass is 10.1. The van der Waals surface area contributed by atoms with Gasteiger partial charge < -0.3 is 5.32 Å². The molecule has 5 heteroatoms. The molecule has 0 spiro atoms. The van der Waals surface area contributed by atoms with E-state index in [0.29, 0.717) is 26.9 Å². The van der Waals surface area contributed by atoms with Crippen molar-refractivity contribution >= 4 is 45.0 Å². The summed E-state index contributed by atoms with van der Waals surface area (Å²) in [6.07, 6.45) is 0. The normalized spacial score (nSPS) is 12.6. The van der Waals surface area contributed by atoms with Crippen LogP contribution in [0.3, 0.4) is 0 Å². The Labute approximate surface area is 120 Å². The Morgan fingerprint density at radius 1 is 1.47 bits per heavy atom. The van der Waals surface area contributed by atoms with Crippen LogP contribution in [0.4, 0.5) is 0 Å². The van der Waals surface area contributed by atoms with Gasteiger partial charge in [0.1, 0.15) is 0 Å². The van der Waals surface area contributed by atoms with Crippen LogP contribution in [-0.2, 0) is 0 Å². The van der Waals surface area contributed by atoms with Gasteiger partial charge in [-0.1, -0.05) is 25.4 Å². The molecule has 0 radical (unpaired) electrons. The molecule has 1 atom stereocenters. The van der Waals surface area contributed by atoms with Crippen LogP contribution < -0.4 is 5.32 Å². The number of carbonyl (C=O) groups excluding carboxylic acids is 1. The first-order valence-electron chi connectivity index (χ1n) is 5.27. The lowest BCUT2D eigenvalue weighted by Gasteiger charge is -2.20. The van der Waals surface area contributed by atoms with E-state index in [1.807, 2.05) is 13.8 Å². The molecule has 1 aromatic rings. The van der Waals surface area contributed by atoms with Crippen LogP contribution in [0.15, 0.2) is 22.7 Å². The summed E-state index contributed by atoms with van der Waals surface area (Å²) in [5.41, 5.74) is 0.560. The molecule has 0 aromatic heterocycles. The van der Waals surface area contributed by atoms with Crippen molar-refractivity contribution in [1.82, 2.24) is 5.32 Å². The third-order valence-electron chi connectivity index (χ3n) is 2.46. The third kappa shape index (κ3) is 4.16. The molecular weight excluding hydrogens is 325 g/mol. The highest BCUT2D eigenvalue weighted by atomic mass is 79.9. The van der Waals surface area contributed by atoms with Crippen molar-refractivity contribution < 1.29 is 4.79 Å². The van der Waals surface area contributed by atoms with E-state index in [2.05, 4.69) is 21.2 Å². The van der Waals surface area contributed by atoms with Crippen molar-refractivity contribution in [2.45, 2.75) is 19.9 Å². The van der Waals surface area contributed by atoms with E-state index in [-0.39, 0.29) is 11.9 Å². The predicted molar refractivity (Wildman–Crippen MR) is 76.0 cm³/mol. The molecule has 0 heterocycles. The second-order valence-electron chi connectivity index (χ2n) is 4.10. The largest absolute Gasteiger partial charge is 0.348 e. The van der Waals surface area contributed by atoms with Gasteiger partial charge in [-0.3, -0.25) is 4.79 Å². The van der Waals surface area contributed by atoms with E-state index in [9.17, 15) is 4.79 Å². The second-order valence-corrected chi connectivity index (χ2v) is 5.70. The smallest absolute Gasteiger partial charge is 0.252 e. The maximum absolute atomic E-state index is 12.0. The van der Waals surface area contributed by atoms with Crippen molar-refractivity contribution in [3.8, 4) is 0 Å². The number of nitrogens with one attached hydrogen (secondary N) is 1.